The molecule has 0 aliphatic heterocycles. The zero-order valence-electron chi connectivity index (χ0n) is 15.8. The molecule has 2 aromatic carbocycles. The molecule has 0 atom stereocenters. The minimum Gasteiger partial charge on any atom is -0.493 e. The van der Waals surface area contributed by atoms with Crippen molar-refractivity contribution in [2.75, 3.05) is 21.3 Å². The number of amides is 1. The smallest absolute Gasteiger partial charge is 0.340 e. The van der Waals surface area contributed by atoms with Crippen LogP contribution in [0, 0.1) is 6.57 Å². The Labute approximate surface area is 158 Å². The molecule has 0 saturated carbocycles. The summed E-state index contributed by atoms with van der Waals surface area (Å²) in [7, 11) is 4.76. The van der Waals surface area contributed by atoms with Gasteiger partial charge in [-0.05, 0) is 40.9 Å². The van der Waals surface area contributed by atoms with Crippen molar-refractivity contribution in [1.82, 2.24) is 0 Å². The van der Waals surface area contributed by atoms with Gasteiger partial charge in [0.25, 0.3) is 6.57 Å². The van der Waals surface area contributed by atoms with Gasteiger partial charge in [-0.25, -0.2) is 4.99 Å². The Morgan fingerprint density at radius 3 is 2.37 bits per heavy atom. The van der Waals surface area contributed by atoms with Crippen molar-refractivity contribution in [3.05, 3.63) is 40.2 Å². The van der Waals surface area contributed by atoms with Crippen molar-refractivity contribution in [3.8, 4) is 34.9 Å². The molecule has 0 bridgehead atoms. The first-order chi connectivity index (χ1) is 13.0. The Hall–Kier alpha value is -3.33. The van der Waals surface area contributed by atoms with E-state index < -0.39 is 0 Å². The lowest BCUT2D eigenvalue weighted by atomic mass is 9.94. The number of aryl methyl sites for hydroxylation is 1. The standard InChI is InChI=1S/C21H21N2O4/c1-12(24)23-17-9-6-13-10-18(25-3)20(26-4)21(27-5)19(13)15-8-7-14(22-2)11-16(15)17/h2,7-8,10-11H,6,9H2,1,3-5H3/q+1. The van der Waals surface area contributed by atoms with E-state index in [0.29, 0.717) is 41.5 Å². The summed E-state index contributed by atoms with van der Waals surface area (Å²) in [5, 5.41) is 0. The largest absolute Gasteiger partial charge is 0.493 e. The van der Waals surface area contributed by atoms with Gasteiger partial charge >= 0.3 is 5.69 Å². The summed E-state index contributed by atoms with van der Waals surface area (Å²) in [6, 6.07) is 7.51. The number of ether oxygens (including phenoxy) is 3. The molecule has 1 amide bonds. The summed E-state index contributed by atoms with van der Waals surface area (Å²) in [5.41, 5.74) is 4.90. The van der Waals surface area contributed by atoms with Gasteiger partial charge in [-0.15, -0.1) is 0 Å². The highest BCUT2D eigenvalue weighted by Gasteiger charge is 2.28. The highest BCUT2D eigenvalue weighted by molar-refractivity contribution is 6.12. The quantitative estimate of drug-likeness (QED) is 0.816. The maximum absolute atomic E-state index is 11.7. The predicted octanol–water partition coefficient (Wildman–Crippen LogP) is 4.26. The Bertz CT molecular complexity index is 987. The van der Waals surface area contributed by atoms with Gasteiger partial charge in [-0.3, -0.25) is 4.79 Å². The fourth-order valence-corrected chi connectivity index (χ4v) is 3.46. The maximum Gasteiger partial charge on any atom is 0.340 e. The topological polar surface area (TPSA) is 61.5 Å². The molecule has 3 rings (SSSR count). The van der Waals surface area contributed by atoms with Gasteiger partial charge in [0.05, 0.1) is 27.0 Å². The van der Waals surface area contributed by atoms with Gasteiger partial charge in [-0.2, -0.15) is 0 Å². The van der Waals surface area contributed by atoms with E-state index in [4.69, 9.17) is 20.8 Å². The second-order valence-corrected chi connectivity index (χ2v) is 6.12. The lowest BCUT2D eigenvalue weighted by molar-refractivity contribution is -0.115. The average molecular weight is 365 g/mol. The van der Waals surface area contributed by atoms with Crippen LogP contribution in [0.3, 0.4) is 0 Å². The van der Waals surface area contributed by atoms with Crippen LogP contribution in [0.2, 0.25) is 0 Å². The molecule has 138 valence electrons. The number of hydrogen-bond donors (Lipinski definition) is 0. The molecule has 6 heteroatoms. The van der Waals surface area contributed by atoms with Gasteiger partial charge < -0.3 is 14.2 Å². The lowest BCUT2D eigenvalue weighted by Crippen LogP contribution is -2.04. The first-order valence-corrected chi connectivity index (χ1v) is 8.49. The van der Waals surface area contributed by atoms with Gasteiger partial charge in [0.2, 0.25) is 11.7 Å². The molecule has 0 aromatic heterocycles. The zero-order valence-corrected chi connectivity index (χ0v) is 15.8. The summed E-state index contributed by atoms with van der Waals surface area (Å²) in [5.74, 6) is 1.44. The number of fused-ring (bicyclic) bond motifs is 3. The van der Waals surface area contributed by atoms with E-state index in [1.807, 2.05) is 24.3 Å². The third-order valence-electron chi connectivity index (χ3n) is 4.57. The van der Waals surface area contributed by atoms with Crippen LogP contribution in [0.5, 0.6) is 17.2 Å². The summed E-state index contributed by atoms with van der Waals surface area (Å²) in [6.45, 7) is 6.90. The number of rotatable bonds is 3. The number of aliphatic imine (C=N–C) groups is 1. The highest BCUT2D eigenvalue weighted by Crippen LogP contribution is 2.49. The summed E-state index contributed by atoms with van der Waals surface area (Å²) in [4.78, 5) is 19.7. The maximum atomic E-state index is 11.7. The highest BCUT2D eigenvalue weighted by atomic mass is 16.5. The molecular weight excluding hydrogens is 344 g/mol. The monoisotopic (exact) mass is 365 g/mol. The van der Waals surface area contributed by atoms with Crippen molar-refractivity contribution >= 4 is 17.3 Å². The van der Waals surface area contributed by atoms with Crippen LogP contribution in [0.15, 0.2) is 29.3 Å². The first kappa shape index (κ1) is 18.5. The number of carbonyl (C=O) groups excluding carboxylic acids is 1. The number of hydrogen-bond acceptors (Lipinski definition) is 4. The third kappa shape index (κ3) is 3.24. The Kier molecular flexibility index (Phi) is 5.13. The van der Waals surface area contributed by atoms with Crippen LogP contribution in [0.1, 0.15) is 24.5 Å². The molecule has 0 saturated heterocycles. The van der Waals surface area contributed by atoms with Crippen LogP contribution in [0.25, 0.3) is 16.0 Å². The second kappa shape index (κ2) is 7.50. The van der Waals surface area contributed by atoms with Crippen molar-refractivity contribution in [2.24, 2.45) is 4.99 Å². The number of nitrogens with zero attached hydrogens (tertiary/aromatic N) is 2. The van der Waals surface area contributed by atoms with E-state index in [2.05, 4.69) is 9.84 Å². The Morgan fingerprint density at radius 2 is 1.78 bits per heavy atom. The van der Waals surface area contributed by atoms with Crippen LogP contribution < -0.4 is 14.2 Å². The molecule has 1 aliphatic rings. The fourth-order valence-electron chi connectivity index (χ4n) is 3.46. The summed E-state index contributed by atoms with van der Waals surface area (Å²) >= 11 is 0. The van der Waals surface area contributed by atoms with Gasteiger partial charge in [0.1, 0.15) is 0 Å². The van der Waals surface area contributed by atoms with Crippen molar-refractivity contribution in [2.45, 2.75) is 19.8 Å². The van der Waals surface area contributed by atoms with Crippen LogP contribution in [0.4, 0.5) is 5.69 Å². The average Bonchev–Trinajstić information content (AvgIpc) is 2.82. The summed E-state index contributed by atoms with van der Waals surface area (Å²) in [6.07, 6.45) is 1.26. The zero-order chi connectivity index (χ0) is 19.6. The fraction of sp³-hybridized carbons (Fsp3) is 0.286. The minimum atomic E-state index is -0.251. The molecule has 0 radical (unpaired) electrons. The molecule has 0 N–H and O–H groups in total. The van der Waals surface area contributed by atoms with Gasteiger partial charge in [0, 0.05) is 30.2 Å². The number of benzene rings is 2. The third-order valence-corrected chi connectivity index (χ3v) is 4.57. The lowest BCUT2D eigenvalue weighted by Gasteiger charge is -2.19. The second-order valence-electron chi connectivity index (χ2n) is 6.12. The molecule has 1 aliphatic carbocycles. The van der Waals surface area contributed by atoms with Crippen LogP contribution >= 0.6 is 0 Å². The molecule has 27 heavy (non-hydrogen) atoms. The number of methoxy groups -OCH3 is 3. The molecule has 0 fully saturated rings. The van der Waals surface area contributed by atoms with Crippen molar-refractivity contribution in [3.63, 3.8) is 0 Å². The molecule has 0 heterocycles. The molecule has 0 unspecified atom stereocenters. The van der Waals surface area contributed by atoms with Gasteiger partial charge in [-0.1, -0.05) is 0 Å². The van der Waals surface area contributed by atoms with E-state index in [-0.39, 0.29) is 5.91 Å². The van der Waals surface area contributed by atoms with E-state index >= 15 is 0 Å². The van der Waals surface area contributed by atoms with Gasteiger partial charge in [0.15, 0.2) is 11.5 Å². The SMILES string of the molecule is C#[N+]c1ccc2c(c1)C(=NC(C)=O)CCc1cc(OC)c(OC)c(OC)c1-2. The Morgan fingerprint density at radius 1 is 1.04 bits per heavy atom. The first-order valence-electron chi connectivity index (χ1n) is 8.49. The molecule has 2 aromatic rings. The predicted molar refractivity (Wildman–Crippen MR) is 105 cm³/mol. The van der Waals surface area contributed by atoms with E-state index in [0.717, 1.165) is 22.3 Å². The molecular formula is C21H21N2O4+. The van der Waals surface area contributed by atoms with Crippen molar-refractivity contribution in [1.29, 1.82) is 0 Å². The summed E-state index contributed by atoms with van der Waals surface area (Å²) < 4.78 is 16.7. The molecule has 6 nitrogen and oxygen atoms in total. The van der Waals surface area contributed by atoms with E-state index in [9.17, 15) is 4.79 Å². The Balaban J connectivity index is 2.40. The minimum absolute atomic E-state index is 0.251. The molecule has 0 spiro atoms. The van der Waals surface area contributed by atoms with Crippen LogP contribution in [-0.4, -0.2) is 32.9 Å². The number of carbonyl (C=O) groups is 1. The van der Waals surface area contributed by atoms with Crippen molar-refractivity contribution < 1.29 is 19.0 Å². The van der Waals surface area contributed by atoms with E-state index in [1.165, 1.54) is 6.92 Å². The normalized spacial score (nSPS) is 13.8. The van der Waals surface area contributed by atoms with Crippen LogP contribution in [-0.2, 0) is 11.2 Å². The van der Waals surface area contributed by atoms with E-state index in [1.54, 1.807) is 21.3 Å².